The zero-order valence-electron chi connectivity index (χ0n) is 10.6. The van der Waals surface area contributed by atoms with Crippen LogP contribution in [0.4, 0.5) is 0 Å². The summed E-state index contributed by atoms with van der Waals surface area (Å²) in [5.74, 6) is -0.981. The molecule has 0 aliphatic rings. The number of carbonyl (C=O) groups is 1. The summed E-state index contributed by atoms with van der Waals surface area (Å²) >= 11 is 0. The van der Waals surface area contributed by atoms with E-state index in [1.54, 1.807) is 0 Å². The molecule has 0 rings (SSSR count). The van der Waals surface area contributed by atoms with Gasteiger partial charge in [-0.3, -0.25) is 0 Å². The van der Waals surface area contributed by atoms with E-state index in [-0.39, 0.29) is 13.2 Å². The molecule has 0 bridgehead atoms. The molecule has 18 heavy (non-hydrogen) atoms. The number of carboxylic acids is 1. The lowest BCUT2D eigenvalue weighted by atomic mass is 10.3. The van der Waals surface area contributed by atoms with Gasteiger partial charge in [-0.2, -0.15) is 0 Å². The number of aliphatic hydroxyl groups excluding tert-OH is 2. The number of hydrogen-bond acceptors (Lipinski definition) is 4. The third-order valence-electron chi connectivity index (χ3n) is 1.26. The molecule has 0 aliphatic carbocycles. The maximum atomic E-state index is 9.25. The number of unbranched alkanes of at least 4 members (excludes halogenated alkanes) is 1. The van der Waals surface area contributed by atoms with Crippen molar-refractivity contribution in [2.24, 2.45) is 0 Å². The minimum atomic E-state index is -0.981. The summed E-state index contributed by atoms with van der Waals surface area (Å²) in [6.45, 7) is 12.3. The lowest BCUT2D eigenvalue weighted by Gasteiger charge is -1.95. The van der Waals surface area contributed by atoms with Crippen molar-refractivity contribution in [3.05, 3.63) is 38.2 Å². The summed E-state index contributed by atoms with van der Waals surface area (Å²) in [5, 5.41) is 23.8. The van der Waals surface area contributed by atoms with Crippen LogP contribution >= 0.6 is 0 Å². The standard InChI is InChI=1S/C6H12O2.C4H7O.C3H4O2/c1-2-8-6-4-3-5-7;1-2-3-4-5;1-2-3(4)5/h2,7H,1,3-6H2;1-2,5H,3-4H2;2H,1H2,(H,4,5). The van der Waals surface area contributed by atoms with Crippen molar-refractivity contribution in [2.45, 2.75) is 19.3 Å². The largest absolute Gasteiger partial charge is 0.502 e. The fourth-order valence-corrected chi connectivity index (χ4v) is 0.455. The molecule has 0 aliphatic heterocycles. The van der Waals surface area contributed by atoms with Gasteiger partial charge in [-0.15, -0.1) is 0 Å². The van der Waals surface area contributed by atoms with Gasteiger partial charge in [0.1, 0.15) is 0 Å². The smallest absolute Gasteiger partial charge is 0.327 e. The van der Waals surface area contributed by atoms with Crippen LogP contribution < -0.4 is 0 Å². The van der Waals surface area contributed by atoms with E-state index in [4.69, 9.17) is 26.6 Å². The molecule has 0 amide bonds. The van der Waals surface area contributed by atoms with E-state index in [0.717, 1.165) is 18.9 Å². The van der Waals surface area contributed by atoms with Gasteiger partial charge < -0.3 is 20.1 Å². The monoisotopic (exact) mass is 259 g/mol. The zero-order chi connectivity index (χ0) is 14.6. The Morgan fingerprint density at radius 3 is 2.00 bits per heavy atom. The molecular weight excluding hydrogens is 236 g/mol. The molecule has 0 aromatic heterocycles. The number of hydrogen-bond donors (Lipinski definition) is 3. The van der Waals surface area contributed by atoms with Gasteiger partial charge in [-0.05, 0) is 19.3 Å². The van der Waals surface area contributed by atoms with Gasteiger partial charge >= 0.3 is 5.97 Å². The quantitative estimate of drug-likeness (QED) is 0.349. The predicted molar refractivity (Wildman–Crippen MR) is 70.9 cm³/mol. The Kier molecular flexibility index (Phi) is 29.6. The highest BCUT2D eigenvalue weighted by Crippen LogP contribution is 1.87. The maximum Gasteiger partial charge on any atom is 0.327 e. The van der Waals surface area contributed by atoms with Gasteiger partial charge in [0.15, 0.2) is 0 Å². The van der Waals surface area contributed by atoms with Crippen molar-refractivity contribution >= 4 is 5.97 Å². The molecule has 3 N–H and O–H groups in total. The van der Waals surface area contributed by atoms with E-state index < -0.39 is 5.97 Å². The van der Waals surface area contributed by atoms with Crippen LogP contribution in [-0.4, -0.2) is 41.1 Å². The van der Waals surface area contributed by atoms with Crippen LogP contribution in [0.15, 0.2) is 31.6 Å². The van der Waals surface area contributed by atoms with Crippen molar-refractivity contribution in [3.8, 4) is 0 Å². The minimum absolute atomic E-state index is 0.163. The molecule has 0 unspecified atom stereocenters. The second-order valence-electron chi connectivity index (χ2n) is 2.76. The van der Waals surface area contributed by atoms with Gasteiger partial charge in [-0.1, -0.05) is 25.8 Å². The second-order valence-corrected chi connectivity index (χ2v) is 2.76. The molecule has 5 heteroatoms. The van der Waals surface area contributed by atoms with E-state index in [2.05, 4.69) is 13.2 Å². The Morgan fingerprint density at radius 2 is 1.78 bits per heavy atom. The summed E-state index contributed by atoms with van der Waals surface area (Å²) in [6.07, 6.45) is 5.99. The van der Waals surface area contributed by atoms with Gasteiger partial charge in [0.2, 0.25) is 0 Å². The Labute approximate surface area is 109 Å². The Bertz CT molecular complexity index is 202. The Hall–Kier alpha value is -1.59. The fourth-order valence-electron chi connectivity index (χ4n) is 0.455. The Balaban J connectivity index is -0.000000197. The van der Waals surface area contributed by atoms with Crippen molar-refractivity contribution in [3.63, 3.8) is 0 Å². The summed E-state index contributed by atoms with van der Waals surface area (Å²) < 4.78 is 4.79. The van der Waals surface area contributed by atoms with Crippen LogP contribution in [0.25, 0.3) is 0 Å². The second kappa shape index (κ2) is 24.6. The van der Waals surface area contributed by atoms with Crippen molar-refractivity contribution < 1.29 is 24.9 Å². The highest BCUT2D eigenvalue weighted by molar-refractivity contribution is 5.78. The van der Waals surface area contributed by atoms with Crippen LogP contribution in [0.1, 0.15) is 19.3 Å². The van der Waals surface area contributed by atoms with E-state index in [1.165, 1.54) is 12.3 Å². The summed E-state index contributed by atoms with van der Waals surface area (Å²) in [4.78, 5) is 9.25. The fraction of sp³-hybridized carbons (Fsp3) is 0.462. The first-order valence-electron chi connectivity index (χ1n) is 5.43. The van der Waals surface area contributed by atoms with Crippen molar-refractivity contribution in [1.82, 2.24) is 0 Å². The molecule has 5 nitrogen and oxygen atoms in total. The zero-order valence-corrected chi connectivity index (χ0v) is 10.6. The topological polar surface area (TPSA) is 87.0 Å². The highest BCUT2D eigenvalue weighted by atomic mass is 16.5. The molecule has 0 aromatic rings. The number of aliphatic hydroxyl groups is 2. The highest BCUT2D eigenvalue weighted by Gasteiger charge is 1.82. The first-order valence-corrected chi connectivity index (χ1v) is 5.43. The number of carboxylic acid groups (broad SMARTS) is 1. The lowest BCUT2D eigenvalue weighted by Crippen LogP contribution is -1.89. The summed E-state index contributed by atoms with van der Waals surface area (Å²) in [5.41, 5.74) is 0. The third-order valence-corrected chi connectivity index (χ3v) is 1.26. The van der Waals surface area contributed by atoms with Gasteiger partial charge in [-0.25, -0.2) is 4.79 Å². The molecule has 0 saturated heterocycles. The average molecular weight is 259 g/mol. The third kappa shape index (κ3) is 47.2. The average Bonchev–Trinajstić information content (AvgIpc) is 2.37. The first kappa shape index (κ1) is 21.7. The molecule has 0 saturated carbocycles. The van der Waals surface area contributed by atoms with E-state index in [0.29, 0.717) is 13.0 Å². The normalized spacial score (nSPS) is 7.67. The van der Waals surface area contributed by atoms with Crippen molar-refractivity contribution in [2.75, 3.05) is 19.8 Å². The van der Waals surface area contributed by atoms with Gasteiger partial charge in [0, 0.05) is 19.3 Å². The van der Waals surface area contributed by atoms with Crippen LogP contribution in [0.5, 0.6) is 0 Å². The Morgan fingerprint density at radius 1 is 1.22 bits per heavy atom. The maximum absolute atomic E-state index is 9.25. The van der Waals surface area contributed by atoms with E-state index in [1.807, 2.05) is 0 Å². The van der Waals surface area contributed by atoms with Gasteiger partial charge in [0.05, 0.1) is 12.9 Å². The van der Waals surface area contributed by atoms with Gasteiger partial charge in [0.25, 0.3) is 0 Å². The van der Waals surface area contributed by atoms with Crippen LogP contribution in [-0.2, 0) is 9.53 Å². The lowest BCUT2D eigenvalue weighted by molar-refractivity contribution is -0.131. The van der Waals surface area contributed by atoms with Crippen LogP contribution in [0.2, 0.25) is 0 Å². The summed E-state index contributed by atoms with van der Waals surface area (Å²) in [6, 6.07) is 0. The molecule has 0 heterocycles. The SMILES string of the molecule is C=CC(=O)O.C=COCCCCO.[CH]=CCCO. The number of aliphatic carboxylic acids is 1. The molecule has 0 spiro atoms. The molecule has 0 fully saturated rings. The van der Waals surface area contributed by atoms with E-state index >= 15 is 0 Å². The predicted octanol–water partition coefficient (Wildman–Crippen LogP) is 1.53. The first-order chi connectivity index (χ1) is 8.60. The van der Waals surface area contributed by atoms with E-state index in [9.17, 15) is 4.79 Å². The van der Waals surface area contributed by atoms with Crippen LogP contribution in [0.3, 0.4) is 0 Å². The molecule has 1 radical (unpaired) electrons. The van der Waals surface area contributed by atoms with Crippen molar-refractivity contribution in [1.29, 1.82) is 0 Å². The number of ether oxygens (including phenoxy) is 1. The molecular formula is C13H23O5. The van der Waals surface area contributed by atoms with Crippen LogP contribution in [0, 0.1) is 6.58 Å². The molecule has 0 aromatic carbocycles. The summed E-state index contributed by atoms with van der Waals surface area (Å²) in [7, 11) is 0. The molecule has 0 atom stereocenters. The number of rotatable bonds is 8. The molecule has 105 valence electrons. The minimum Gasteiger partial charge on any atom is -0.502 e.